The fourth-order valence-electron chi connectivity index (χ4n) is 2.55. The standard InChI is InChI=1S/C19H17ClF4N2O4/c1-29-9-25(15-7-6-11(17(23)24)8-14(15)22)19(28)26(10-30-2)18(27)16-12(20)4-3-5-13(16)21/h3-8,17H,9-10H2,1-2H3. The van der Waals surface area contributed by atoms with E-state index in [1.165, 1.54) is 26.4 Å². The average Bonchev–Trinajstić information content (AvgIpc) is 2.69. The zero-order chi connectivity index (χ0) is 22.4. The van der Waals surface area contributed by atoms with Gasteiger partial charge in [0.15, 0.2) is 0 Å². The van der Waals surface area contributed by atoms with Crippen LogP contribution in [0.15, 0.2) is 36.4 Å². The molecule has 0 bridgehead atoms. The highest BCUT2D eigenvalue weighted by atomic mass is 35.5. The molecule has 2 aromatic rings. The predicted octanol–water partition coefficient (Wildman–Crippen LogP) is 4.83. The molecule has 0 radical (unpaired) electrons. The van der Waals surface area contributed by atoms with Crippen molar-refractivity contribution in [3.8, 4) is 0 Å². The minimum atomic E-state index is -2.92. The second-order valence-corrected chi connectivity index (χ2v) is 6.29. The largest absolute Gasteiger partial charge is 0.364 e. The first-order valence-electron chi connectivity index (χ1n) is 8.35. The highest BCUT2D eigenvalue weighted by molar-refractivity contribution is 6.34. The third-order valence-electron chi connectivity index (χ3n) is 3.91. The van der Waals surface area contributed by atoms with Crippen molar-refractivity contribution in [2.24, 2.45) is 0 Å². The van der Waals surface area contributed by atoms with Gasteiger partial charge in [-0.25, -0.2) is 27.3 Å². The number of rotatable bonds is 7. The molecule has 0 spiro atoms. The Hall–Kier alpha value is -2.69. The summed E-state index contributed by atoms with van der Waals surface area (Å²) < 4.78 is 63.9. The Balaban J connectivity index is 2.47. The number of nitrogens with zero attached hydrogens (tertiary/aromatic N) is 2. The molecule has 0 saturated carbocycles. The fraction of sp³-hybridized carbons (Fsp3) is 0.263. The van der Waals surface area contributed by atoms with Crippen LogP contribution in [0.5, 0.6) is 0 Å². The van der Waals surface area contributed by atoms with Crippen molar-refractivity contribution < 1.29 is 36.6 Å². The monoisotopic (exact) mass is 448 g/mol. The molecule has 2 rings (SSSR count). The molecule has 0 unspecified atom stereocenters. The van der Waals surface area contributed by atoms with Crippen molar-refractivity contribution in [2.45, 2.75) is 6.43 Å². The fourth-order valence-corrected chi connectivity index (χ4v) is 2.79. The number of carbonyl (C=O) groups is 2. The molecule has 0 aliphatic carbocycles. The Morgan fingerprint density at radius 2 is 1.70 bits per heavy atom. The highest BCUT2D eigenvalue weighted by Gasteiger charge is 2.32. The van der Waals surface area contributed by atoms with Gasteiger partial charge in [0.2, 0.25) is 0 Å². The Labute approximate surface area is 174 Å². The maximum atomic E-state index is 14.4. The van der Waals surface area contributed by atoms with Crippen LogP contribution >= 0.6 is 11.6 Å². The van der Waals surface area contributed by atoms with Gasteiger partial charge in [0.05, 0.1) is 16.3 Å². The van der Waals surface area contributed by atoms with Crippen molar-refractivity contribution in [1.82, 2.24) is 4.90 Å². The first kappa shape index (κ1) is 23.6. The molecule has 0 atom stereocenters. The van der Waals surface area contributed by atoms with Crippen LogP contribution < -0.4 is 4.90 Å². The summed E-state index contributed by atoms with van der Waals surface area (Å²) in [6, 6.07) is 4.79. The summed E-state index contributed by atoms with van der Waals surface area (Å²) in [6.45, 7) is -1.17. The van der Waals surface area contributed by atoms with Crippen LogP contribution in [0.2, 0.25) is 5.02 Å². The number of halogens is 5. The minimum Gasteiger partial charge on any atom is -0.364 e. The first-order valence-corrected chi connectivity index (χ1v) is 8.73. The number of methoxy groups -OCH3 is 2. The average molecular weight is 449 g/mol. The number of alkyl halides is 2. The molecule has 0 aliphatic rings. The molecule has 0 fully saturated rings. The number of hydrogen-bond acceptors (Lipinski definition) is 4. The number of urea groups is 1. The molecule has 0 heterocycles. The van der Waals surface area contributed by atoms with Gasteiger partial charge in [-0.05, 0) is 24.3 Å². The van der Waals surface area contributed by atoms with Gasteiger partial charge in [-0.2, -0.15) is 0 Å². The Morgan fingerprint density at radius 1 is 1.03 bits per heavy atom. The zero-order valence-corrected chi connectivity index (χ0v) is 16.6. The third-order valence-corrected chi connectivity index (χ3v) is 4.23. The molecule has 6 nitrogen and oxygen atoms in total. The van der Waals surface area contributed by atoms with Crippen LogP contribution in [0, 0.1) is 11.6 Å². The van der Waals surface area contributed by atoms with Gasteiger partial charge in [0, 0.05) is 19.8 Å². The molecule has 0 N–H and O–H groups in total. The Bertz CT molecular complexity index is 909. The Kier molecular flexibility index (Phi) is 8.16. The van der Waals surface area contributed by atoms with Crippen molar-refractivity contribution in [3.05, 3.63) is 64.2 Å². The van der Waals surface area contributed by atoms with Crippen molar-refractivity contribution in [2.75, 3.05) is 32.6 Å². The molecule has 30 heavy (non-hydrogen) atoms. The normalized spacial score (nSPS) is 10.9. The van der Waals surface area contributed by atoms with E-state index < -0.39 is 60.3 Å². The highest BCUT2D eigenvalue weighted by Crippen LogP contribution is 2.28. The lowest BCUT2D eigenvalue weighted by molar-refractivity contribution is 0.0529. The number of imide groups is 1. The lowest BCUT2D eigenvalue weighted by atomic mass is 10.1. The van der Waals surface area contributed by atoms with E-state index in [2.05, 4.69) is 0 Å². The van der Waals surface area contributed by atoms with E-state index in [9.17, 15) is 27.2 Å². The first-order chi connectivity index (χ1) is 14.2. The van der Waals surface area contributed by atoms with Gasteiger partial charge in [-0.3, -0.25) is 9.69 Å². The van der Waals surface area contributed by atoms with E-state index >= 15 is 0 Å². The summed E-state index contributed by atoms with van der Waals surface area (Å²) in [5, 5.41) is -0.250. The molecule has 2 aromatic carbocycles. The van der Waals surface area contributed by atoms with Gasteiger partial charge in [-0.15, -0.1) is 0 Å². The van der Waals surface area contributed by atoms with Crippen LogP contribution in [0.4, 0.5) is 28.0 Å². The second-order valence-electron chi connectivity index (χ2n) is 5.89. The van der Waals surface area contributed by atoms with Crippen LogP contribution in [-0.4, -0.2) is 44.5 Å². The van der Waals surface area contributed by atoms with E-state index in [1.807, 2.05) is 0 Å². The maximum absolute atomic E-state index is 14.4. The smallest absolute Gasteiger partial charge is 0.335 e. The lowest BCUT2D eigenvalue weighted by Crippen LogP contribution is -2.48. The summed E-state index contributed by atoms with van der Waals surface area (Å²) in [5.41, 5.74) is -1.61. The molecule has 162 valence electrons. The number of hydrogen-bond donors (Lipinski definition) is 0. The topological polar surface area (TPSA) is 59.1 Å². The summed E-state index contributed by atoms with van der Waals surface area (Å²) in [5.74, 6) is -3.27. The summed E-state index contributed by atoms with van der Waals surface area (Å²) >= 11 is 5.89. The lowest BCUT2D eigenvalue weighted by Gasteiger charge is -2.29. The number of anilines is 1. The quantitative estimate of drug-likeness (QED) is 0.449. The van der Waals surface area contributed by atoms with Gasteiger partial charge in [0.1, 0.15) is 25.1 Å². The van der Waals surface area contributed by atoms with E-state index in [4.69, 9.17) is 21.1 Å². The molecule has 0 saturated heterocycles. The zero-order valence-electron chi connectivity index (χ0n) is 15.9. The molecule has 3 amide bonds. The second kappa shape index (κ2) is 10.4. The molecular weight excluding hydrogens is 432 g/mol. The van der Waals surface area contributed by atoms with E-state index in [0.29, 0.717) is 15.9 Å². The minimum absolute atomic E-state index is 0.250. The van der Waals surface area contributed by atoms with Gasteiger partial charge in [-0.1, -0.05) is 23.7 Å². The third kappa shape index (κ3) is 5.07. The molecule has 11 heteroatoms. The van der Waals surface area contributed by atoms with Gasteiger partial charge < -0.3 is 9.47 Å². The van der Waals surface area contributed by atoms with Crippen molar-refractivity contribution >= 4 is 29.2 Å². The van der Waals surface area contributed by atoms with Crippen LogP contribution in [-0.2, 0) is 9.47 Å². The van der Waals surface area contributed by atoms with E-state index in [0.717, 1.165) is 18.2 Å². The Morgan fingerprint density at radius 3 is 2.23 bits per heavy atom. The number of benzene rings is 2. The van der Waals surface area contributed by atoms with Gasteiger partial charge in [0.25, 0.3) is 12.3 Å². The molecular formula is C19H17ClF4N2O4. The van der Waals surface area contributed by atoms with Crippen LogP contribution in [0.3, 0.4) is 0 Å². The predicted molar refractivity (Wildman–Crippen MR) is 101 cm³/mol. The van der Waals surface area contributed by atoms with E-state index in [-0.39, 0.29) is 5.02 Å². The van der Waals surface area contributed by atoms with Crippen molar-refractivity contribution in [3.63, 3.8) is 0 Å². The van der Waals surface area contributed by atoms with Crippen molar-refractivity contribution in [1.29, 1.82) is 0 Å². The summed E-state index contributed by atoms with van der Waals surface area (Å²) in [7, 11) is 2.37. The molecule has 0 aromatic heterocycles. The number of carbonyl (C=O) groups excluding carboxylic acids is 2. The van der Waals surface area contributed by atoms with Crippen LogP contribution in [0.1, 0.15) is 22.3 Å². The summed E-state index contributed by atoms with van der Waals surface area (Å²) in [4.78, 5) is 27.0. The van der Waals surface area contributed by atoms with Crippen LogP contribution in [0.25, 0.3) is 0 Å². The van der Waals surface area contributed by atoms with Gasteiger partial charge >= 0.3 is 6.03 Å². The van der Waals surface area contributed by atoms with E-state index in [1.54, 1.807) is 0 Å². The maximum Gasteiger partial charge on any atom is 0.335 e. The number of amides is 3. The summed E-state index contributed by atoms with van der Waals surface area (Å²) in [6.07, 6.45) is -2.92. The number of ether oxygens (including phenoxy) is 2. The molecule has 0 aliphatic heterocycles. The SMILES string of the molecule is COCN(C(=O)c1c(F)cccc1Cl)C(=O)N(COC)c1ccc(C(F)F)cc1F.